The van der Waals surface area contributed by atoms with Crippen molar-refractivity contribution in [3.63, 3.8) is 0 Å². The van der Waals surface area contributed by atoms with Crippen LogP contribution in [0.3, 0.4) is 0 Å². The maximum Gasteiger partial charge on any atom is 0.306 e. The lowest BCUT2D eigenvalue weighted by atomic mass is 10.1. The summed E-state index contributed by atoms with van der Waals surface area (Å²) < 4.78 is 7.04. The number of nitrogens with zero attached hydrogens (tertiary/aromatic N) is 5. The Balaban J connectivity index is 1.63. The number of ether oxygens (including phenoxy) is 1. The molecule has 1 amide bonds. The molecule has 3 heterocycles. The zero-order chi connectivity index (χ0) is 19.7. The summed E-state index contributed by atoms with van der Waals surface area (Å²) in [6.45, 7) is 2.68. The normalized spacial score (nSPS) is 17.0. The van der Waals surface area contributed by atoms with E-state index < -0.39 is 12.1 Å². The Morgan fingerprint density at radius 2 is 2.11 bits per heavy atom. The lowest BCUT2D eigenvalue weighted by Crippen LogP contribution is -2.46. The van der Waals surface area contributed by atoms with E-state index in [0.29, 0.717) is 18.8 Å². The summed E-state index contributed by atoms with van der Waals surface area (Å²) in [6, 6.07) is 9.56. The molecule has 1 aliphatic heterocycles. The number of hydrogen-bond acceptors (Lipinski definition) is 6. The molecule has 0 bridgehead atoms. The van der Waals surface area contributed by atoms with E-state index in [-0.39, 0.29) is 24.6 Å². The van der Waals surface area contributed by atoms with E-state index in [1.165, 1.54) is 0 Å². The standard InChI is InChI=1S/C19H19N5O4/c1-12-17(19(27)23-8-9-28-14(11-23)10-16(25)26)21-22-24(12)15-6-2-4-13-5-3-7-20-18(13)15/h2-7,14H,8-11H2,1H3,(H,25,26). The van der Waals surface area contributed by atoms with E-state index in [1.54, 1.807) is 22.7 Å². The van der Waals surface area contributed by atoms with Crippen LogP contribution in [0.25, 0.3) is 16.6 Å². The molecule has 0 spiro atoms. The Bertz CT molecular complexity index is 1040. The van der Waals surface area contributed by atoms with Crippen LogP contribution >= 0.6 is 0 Å². The highest BCUT2D eigenvalue weighted by Gasteiger charge is 2.29. The molecule has 2 aromatic heterocycles. The smallest absolute Gasteiger partial charge is 0.306 e. The average Bonchev–Trinajstić information content (AvgIpc) is 3.08. The van der Waals surface area contributed by atoms with Gasteiger partial charge in [0.25, 0.3) is 5.91 Å². The number of aliphatic carboxylic acids is 1. The second-order valence-corrected chi connectivity index (χ2v) is 6.63. The number of amides is 1. The molecule has 0 saturated carbocycles. The van der Waals surface area contributed by atoms with Gasteiger partial charge in [-0.25, -0.2) is 4.68 Å². The lowest BCUT2D eigenvalue weighted by Gasteiger charge is -2.31. The first-order chi connectivity index (χ1) is 13.5. The van der Waals surface area contributed by atoms with Crippen LogP contribution in [-0.4, -0.2) is 67.7 Å². The van der Waals surface area contributed by atoms with Crippen LogP contribution < -0.4 is 0 Å². The van der Waals surface area contributed by atoms with E-state index in [2.05, 4.69) is 15.3 Å². The van der Waals surface area contributed by atoms with E-state index in [0.717, 1.165) is 16.6 Å². The minimum atomic E-state index is -0.954. The summed E-state index contributed by atoms with van der Waals surface area (Å²) in [5, 5.41) is 18.2. The van der Waals surface area contributed by atoms with Crippen molar-refractivity contribution >= 4 is 22.8 Å². The van der Waals surface area contributed by atoms with Crippen molar-refractivity contribution in [2.24, 2.45) is 0 Å². The highest BCUT2D eigenvalue weighted by atomic mass is 16.5. The van der Waals surface area contributed by atoms with Crippen LogP contribution in [0.4, 0.5) is 0 Å². The van der Waals surface area contributed by atoms with Crippen molar-refractivity contribution in [3.05, 3.63) is 47.9 Å². The van der Waals surface area contributed by atoms with Crippen molar-refractivity contribution in [3.8, 4) is 5.69 Å². The Labute approximate surface area is 160 Å². The highest BCUT2D eigenvalue weighted by Crippen LogP contribution is 2.22. The molecule has 0 radical (unpaired) electrons. The number of aromatic nitrogens is 4. The molecule has 4 rings (SSSR count). The van der Waals surface area contributed by atoms with E-state index in [9.17, 15) is 9.59 Å². The minimum absolute atomic E-state index is 0.142. The first-order valence-corrected chi connectivity index (χ1v) is 8.93. The van der Waals surface area contributed by atoms with E-state index >= 15 is 0 Å². The number of fused-ring (bicyclic) bond motifs is 1. The largest absolute Gasteiger partial charge is 0.481 e. The molecule has 0 aliphatic carbocycles. The number of carboxylic acid groups (broad SMARTS) is 1. The third kappa shape index (κ3) is 3.31. The van der Waals surface area contributed by atoms with Gasteiger partial charge < -0.3 is 14.7 Å². The van der Waals surface area contributed by atoms with Crippen molar-refractivity contribution in [1.29, 1.82) is 0 Å². The number of benzene rings is 1. The van der Waals surface area contributed by atoms with Gasteiger partial charge >= 0.3 is 5.97 Å². The van der Waals surface area contributed by atoms with Crippen LogP contribution in [0.15, 0.2) is 36.5 Å². The molecule has 144 valence electrons. The van der Waals surface area contributed by atoms with Crippen molar-refractivity contribution in [1.82, 2.24) is 24.9 Å². The van der Waals surface area contributed by atoms with Gasteiger partial charge in [-0.1, -0.05) is 23.4 Å². The zero-order valence-corrected chi connectivity index (χ0v) is 15.3. The quantitative estimate of drug-likeness (QED) is 0.728. The molecule has 1 N–H and O–H groups in total. The number of morpholine rings is 1. The van der Waals surface area contributed by atoms with E-state index in [4.69, 9.17) is 9.84 Å². The van der Waals surface area contributed by atoms with Crippen LogP contribution in [0.1, 0.15) is 22.6 Å². The topological polar surface area (TPSA) is 110 Å². The van der Waals surface area contributed by atoms with Gasteiger partial charge in [0.05, 0.1) is 36.0 Å². The highest BCUT2D eigenvalue weighted by molar-refractivity contribution is 5.94. The monoisotopic (exact) mass is 381 g/mol. The SMILES string of the molecule is Cc1c(C(=O)N2CCOC(CC(=O)O)C2)nnn1-c1cccc2cccnc12. The minimum Gasteiger partial charge on any atom is -0.481 e. The number of carbonyl (C=O) groups is 2. The van der Waals surface area contributed by atoms with Gasteiger partial charge in [0.1, 0.15) is 0 Å². The summed E-state index contributed by atoms with van der Waals surface area (Å²) in [5.74, 6) is -1.24. The van der Waals surface area contributed by atoms with Gasteiger partial charge in [-0.15, -0.1) is 5.10 Å². The second-order valence-electron chi connectivity index (χ2n) is 6.63. The predicted octanol–water partition coefficient (Wildman–Crippen LogP) is 1.44. The number of hydrogen-bond donors (Lipinski definition) is 1. The fourth-order valence-electron chi connectivity index (χ4n) is 3.39. The number of para-hydroxylation sites is 1. The zero-order valence-electron chi connectivity index (χ0n) is 15.3. The molecule has 1 aliphatic rings. The third-order valence-corrected chi connectivity index (χ3v) is 4.77. The first kappa shape index (κ1) is 18.1. The number of carbonyl (C=O) groups excluding carboxylic acids is 1. The molecule has 1 fully saturated rings. The predicted molar refractivity (Wildman–Crippen MR) is 99.3 cm³/mol. The molecular formula is C19H19N5O4. The second kappa shape index (κ2) is 7.35. The Morgan fingerprint density at radius 1 is 1.29 bits per heavy atom. The van der Waals surface area contributed by atoms with Gasteiger partial charge in [-0.2, -0.15) is 0 Å². The Hall–Kier alpha value is -3.33. The van der Waals surface area contributed by atoms with Crippen molar-refractivity contribution < 1.29 is 19.4 Å². The number of carboxylic acids is 1. The number of pyridine rings is 1. The molecule has 1 unspecified atom stereocenters. The maximum absolute atomic E-state index is 13.0. The van der Waals surface area contributed by atoms with Crippen LogP contribution in [0.2, 0.25) is 0 Å². The maximum atomic E-state index is 13.0. The Morgan fingerprint density at radius 3 is 2.93 bits per heavy atom. The third-order valence-electron chi connectivity index (χ3n) is 4.77. The van der Waals surface area contributed by atoms with Gasteiger partial charge in [-0.05, 0) is 19.1 Å². The van der Waals surface area contributed by atoms with Crippen molar-refractivity contribution in [2.75, 3.05) is 19.7 Å². The van der Waals surface area contributed by atoms with Gasteiger partial charge in [0.2, 0.25) is 0 Å². The average molecular weight is 381 g/mol. The van der Waals surface area contributed by atoms with Gasteiger partial charge in [0, 0.05) is 24.7 Å². The van der Waals surface area contributed by atoms with Crippen LogP contribution in [0.5, 0.6) is 0 Å². The molecule has 1 aromatic carbocycles. The molecule has 9 nitrogen and oxygen atoms in total. The number of rotatable bonds is 4. The summed E-state index contributed by atoms with van der Waals surface area (Å²) in [7, 11) is 0. The van der Waals surface area contributed by atoms with Crippen molar-refractivity contribution in [2.45, 2.75) is 19.4 Å². The lowest BCUT2D eigenvalue weighted by molar-refractivity contribution is -0.141. The fraction of sp³-hybridized carbons (Fsp3) is 0.316. The molecule has 1 atom stereocenters. The molecular weight excluding hydrogens is 362 g/mol. The van der Waals surface area contributed by atoms with Crippen LogP contribution in [-0.2, 0) is 9.53 Å². The summed E-state index contributed by atoms with van der Waals surface area (Å²) in [5.41, 5.74) is 2.35. The molecule has 28 heavy (non-hydrogen) atoms. The van der Waals surface area contributed by atoms with Gasteiger partial charge in [0.15, 0.2) is 5.69 Å². The van der Waals surface area contributed by atoms with Crippen LogP contribution in [0, 0.1) is 6.92 Å². The summed E-state index contributed by atoms with van der Waals surface area (Å²) >= 11 is 0. The van der Waals surface area contributed by atoms with E-state index in [1.807, 2.05) is 30.3 Å². The summed E-state index contributed by atoms with van der Waals surface area (Å²) in [6.07, 6.45) is 1.05. The Kier molecular flexibility index (Phi) is 4.74. The molecule has 9 heteroatoms. The summed E-state index contributed by atoms with van der Waals surface area (Å²) in [4.78, 5) is 29.9. The molecule has 1 saturated heterocycles. The first-order valence-electron chi connectivity index (χ1n) is 8.93. The molecule has 3 aromatic rings. The van der Waals surface area contributed by atoms with Gasteiger partial charge in [-0.3, -0.25) is 14.6 Å². The fourth-order valence-corrected chi connectivity index (χ4v) is 3.39.